The number of aromatic nitrogens is 1. The van der Waals surface area contributed by atoms with Crippen LogP contribution in [0.5, 0.6) is 0 Å². The van der Waals surface area contributed by atoms with Gasteiger partial charge < -0.3 is 11.1 Å². The minimum Gasteiger partial charge on any atom is -0.370 e. The number of benzene rings is 1. The summed E-state index contributed by atoms with van der Waals surface area (Å²) in [4.78, 5) is 8.72. The zero-order valence-corrected chi connectivity index (χ0v) is 19.5. The predicted octanol–water partition coefficient (Wildman–Crippen LogP) is 2.42. The topological polar surface area (TPSA) is 109 Å². The van der Waals surface area contributed by atoms with Crippen LogP contribution in [0, 0.1) is 0 Å². The van der Waals surface area contributed by atoms with Crippen LogP contribution in [0.4, 0.5) is 0 Å². The van der Waals surface area contributed by atoms with E-state index in [9.17, 15) is 8.42 Å². The van der Waals surface area contributed by atoms with Crippen LogP contribution in [0.2, 0.25) is 0 Å². The Morgan fingerprint density at radius 3 is 2.46 bits per heavy atom. The first-order valence-corrected chi connectivity index (χ1v) is 10.2. The molecule has 0 amide bonds. The molecule has 0 aliphatic carbocycles. The molecule has 2 aromatic rings. The van der Waals surface area contributed by atoms with Crippen molar-refractivity contribution in [2.45, 2.75) is 44.2 Å². The second kappa shape index (κ2) is 10.7. The van der Waals surface area contributed by atoms with Gasteiger partial charge in [-0.3, -0.25) is 4.98 Å². The number of hydrogen-bond acceptors (Lipinski definition) is 4. The van der Waals surface area contributed by atoms with Gasteiger partial charge in [-0.25, -0.2) is 18.1 Å². The fraction of sp³-hybridized carbons (Fsp3) is 0.368. The summed E-state index contributed by atoms with van der Waals surface area (Å²) in [7, 11) is -3.64. The lowest BCUT2D eigenvalue weighted by Gasteiger charge is -2.21. The van der Waals surface area contributed by atoms with Gasteiger partial charge in [0.25, 0.3) is 0 Å². The molecule has 0 bridgehead atoms. The number of nitrogens with zero attached hydrogens (tertiary/aromatic N) is 2. The molecule has 154 valence electrons. The summed E-state index contributed by atoms with van der Waals surface area (Å²) >= 11 is 0. The van der Waals surface area contributed by atoms with E-state index in [1.54, 1.807) is 51.2 Å². The zero-order valence-electron chi connectivity index (χ0n) is 16.3. The zero-order chi connectivity index (χ0) is 19.9. The number of sulfonamides is 1. The van der Waals surface area contributed by atoms with E-state index in [0.717, 1.165) is 12.1 Å². The first-order valence-electron chi connectivity index (χ1n) is 8.73. The number of nitrogens with two attached hydrogens (primary N) is 1. The third-order valence-electron chi connectivity index (χ3n) is 3.54. The van der Waals surface area contributed by atoms with E-state index in [1.807, 2.05) is 18.2 Å². The average Bonchev–Trinajstić information content (AvgIpc) is 2.59. The summed E-state index contributed by atoms with van der Waals surface area (Å²) in [6, 6.07) is 12.5. The minimum absolute atomic E-state index is 0. The fourth-order valence-corrected chi connectivity index (χ4v) is 4.10. The SMILES string of the molecule is CC(C)(C)NS(=O)(=O)c1ccccc1CN=C(N)NCCc1ccccn1.I. The molecule has 2 rings (SSSR count). The lowest BCUT2D eigenvalue weighted by Crippen LogP contribution is -2.40. The van der Waals surface area contributed by atoms with Crippen LogP contribution in [0.25, 0.3) is 0 Å². The summed E-state index contributed by atoms with van der Waals surface area (Å²) in [5.41, 5.74) is 6.88. The molecule has 0 aliphatic heterocycles. The lowest BCUT2D eigenvalue weighted by molar-refractivity contribution is 0.491. The highest BCUT2D eigenvalue weighted by atomic mass is 127. The fourth-order valence-electron chi connectivity index (χ4n) is 2.45. The van der Waals surface area contributed by atoms with Crippen molar-refractivity contribution in [3.63, 3.8) is 0 Å². The third-order valence-corrected chi connectivity index (χ3v) is 5.39. The van der Waals surface area contributed by atoms with Crippen molar-refractivity contribution in [2.24, 2.45) is 10.7 Å². The van der Waals surface area contributed by atoms with Gasteiger partial charge >= 0.3 is 0 Å². The maximum absolute atomic E-state index is 12.6. The molecule has 0 atom stereocenters. The van der Waals surface area contributed by atoms with E-state index in [2.05, 4.69) is 20.0 Å². The summed E-state index contributed by atoms with van der Waals surface area (Å²) in [6.07, 6.45) is 2.47. The first kappa shape index (κ1) is 24.3. The maximum atomic E-state index is 12.6. The number of nitrogens with one attached hydrogen (secondary N) is 2. The van der Waals surface area contributed by atoms with Crippen LogP contribution in [0.1, 0.15) is 32.0 Å². The lowest BCUT2D eigenvalue weighted by atomic mass is 10.1. The maximum Gasteiger partial charge on any atom is 0.241 e. The second-order valence-electron chi connectivity index (χ2n) is 7.16. The van der Waals surface area contributed by atoms with Gasteiger partial charge in [-0.1, -0.05) is 24.3 Å². The van der Waals surface area contributed by atoms with Crippen molar-refractivity contribution in [2.75, 3.05) is 6.54 Å². The molecule has 0 aliphatic rings. The van der Waals surface area contributed by atoms with Gasteiger partial charge in [0, 0.05) is 30.4 Å². The van der Waals surface area contributed by atoms with Crippen molar-refractivity contribution in [1.29, 1.82) is 0 Å². The Bertz CT molecular complexity index is 881. The largest absolute Gasteiger partial charge is 0.370 e. The van der Waals surface area contributed by atoms with Crippen LogP contribution in [0.3, 0.4) is 0 Å². The Morgan fingerprint density at radius 1 is 1.14 bits per heavy atom. The molecular formula is C19H28IN5O2S. The molecule has 28 heavy (non-hydrogen) atoms. The molecule has 0 saturated heterocycles. The molecule has 9 heteroatoms. The van der Waals surface area contributed by atoms with Crippen LogP contribution < -0.4 is 15.8 Å². The number of pyridine rings is 1. The second-order valence-corrected chi connectivity index (χ2v) is 8.81. The van der Waals surface area contributed by atoms with Crippen LogP contribution in [0.15, 0.2) is 58.5 Å². The molecule has 0 unspecified atom stereocenters. The van der Waals surface area contributed by atoms with Gasteiger partial charge in [0.1, 0.15) is 0 Å². The Labute approximate surface area is 184 Å². The van der Waals surface area contributed by atoms with Crippen molar-refractivity contribution in [3.05, 3.63) is 59.9 Å². The van der Waals surface area contributed by atoms with E-state index in [0.29, 0.717) is 12.1 Å². The summed E-state index contributed by atoms with van der Waals surface area (Å²) in [5.74, 6) is 0.266. The molecular weight excluding hydrogens is 489 g/mol. The normalized spacial score (nSPS) is 12.3. The average molecular weight is 517 g/mol. The highest BCUT2D eigenvalue weighted by Gasteiger charge is 2.24. The summed E-state index contributed by atoms with van der Waals surface area (Å²) < 4.78 is 27.9. The quantitative estimate of drug-likeness (QED) is 0.297. The molecule has 1 aromatic carbocycles. The molecule has 7 nitrogen and oxygen atoms in total. The highest BCUT2D eigenvalue weighted by Crippen LogP contribution is 2.18. The standard InChI is InChI=1S/C19H27N5O2S.HI/c1-19(2,3)24-27(25,26)17-10-5-4-8-15(17)14-23-18(20)22-13-11-16-9-6-7-12-21-16;/h4-10,12,24H,11,13-14H2,1-3H3,(H3,20,22,23);1H. The Hall–Kier alpha value is -1.72. The monoisotopic (exact) mass is 517 g/mol. The van der Waals surface area contributed by atoms with E-state index in [-0.39, 0.29) is 41.4 Å². The summed E-state index contributed by atoms with van der Waals surface area (Å²) in [5, 5.41) is 3.02. The molecule has 4 N–H and O–H groups in total. The van der Waals surface area contributed by atoms with Crippen LogP contribution in [-0.2, 0) is 23.0 Å². The van der Waals surface area contributed by atoms with E-state index < -0.39 is 15.6 Å². The minimum atomic E-state index is -3.64. The van der Waals surface area contributed by atoms with Crippen LogP contribution >= 0.6 is 24.0 Å². The van der Waals surface area contributed by atoms with Crippen molar-refractivity contribution in [1.82, 2.24) is 15.0 Å². The first-order chi connectivity index (χ1) is 12.7. The number of aliphatic imine (C=N–C) groups is 1. The predicted molar refractivity (Wildman–Crippen MR) is 123 cm³/mol. The number of hydrogen-bond donors (Lipinski definition) is 3. The number of rotatable bonds is 7. The van der Waals surface area contributed by atoms with Gasteiger partial charge in [-0.05, 0) is 44.5 Å². The third kappa shape index (κ3) is 8.11. The van der Waals surface area contributed by atoms with Crippen molar-refractivity contribution >= 4 is 40.0 Å². The van der Waals surface area contributed by atoms with Gasteiger partial charge in [-0.15, -0.1) is 24.0 Å². The Kier molecular flexibility index (Phi) is 9.31. The molecule has 0 spiro atoms. The van der Waals surface area contributed by atoms with E-state index >= 15 is 0 Å². The highest BCUT2D eigenvalue weighted by molar-refractivity contribution is 14.0. The van der Waals surface area contributed by atoms with E-state index in [1.165, 1.54) is 0 Å². The molecule has 0 saturated carbocycles. The number of halogens is 1. The number of guanidine groups is 1. The Balaban J connectivity index is 0.00000392. The van der Waals surface area contributed by atoms with Gasteiger partial charge in [-0.2, -0.15) is 0 Å². The van der Waals surface area contributed by atoms with Gasteiger partial charge in [0.05, 0.1) is 11.4 Å². The smallest absolute Gasteiger partial charge is 0.241 e. The van der Waals surface area contributed by atoms with Gasteiger partial charge in [0.15, 0.2) is 5.96 Å². The molecule has 1 aromatic heterocycles. The van der Waals surface area contributed by atoms with Crippen LogP contribution in [-0.4, -0.2) is 31.4 Å². The Morgan fingerprint density at radius 2 is 1.82 bits per heavy atom. The summed E-state index contributed by atoms with van der Waals surface area (Å²) in [6.45, 7) is 6.17. The molecule has 1 heterocycles. The molecule has 0 radical (unpaired) electrons. The molecule has 0 fully saturated rings. The van der Waals surface area contributed by atoms with Crippen molar-refractivity contribution in [3.8, 4) is 0 Å². The van der Waals surface area contributed by atoms with Crippen molar-refractivity contribution < 1.29 is 8.42 Å². The van der Waals surface area contributed by atoms with E-state index in [4.69, 9.17) is 5.73 Å². The van der Waals surface area contributed by atoms with Gasteiger partial charge in [0.2, 0.25) is 10.0 Å².